The van der Waals surface area contributed by atoms with E-state index < -0.39 is 0 Å². The monoisotopic (exact) mass is 367 g/mol. The predicted octanol–water partition coefficient (Wildman–Crippen LogP) is 3.29. The summed E-state index contributed by atoms with van der Waals surface area (Å²) in [6, 6.07) is 16.3. The Morgan fingerprint density at radius 3 is 2.37 bits per heavy atom. The van der Waals surface area contributed by atoms with Gasteiger partial charge in [-0.3, -0.25) is 9.69 Å². The molecule has 1 heterocycles. The Morgan fingerprint density at radius 2 is 1.74 bits per heavy atom. The molecule has 0 aromatic heterocycles. The number of amides is 1. The first-order valence-electron chi connectivity index (χ1n) is 9.52. The Kier molecular flexibility index (Phi) is 6.48. The summed E-state index contributed by atoms with van der Waals surface area (Å²) in [6.45, 7) is 8.11. The molecule has 0 saturated carbocycles. The zero-order valence-electron chi connectivity index (χ0n) is 16.4. The maximum Gasteiger partial charge on any atom is 0.241 e. The van der Waals surface area contributed by atoms with Gasteiger partial charge in [-0.15, -0.1) is 0 Å². The Balaban J connectivity index is 1.54. The molecule has 2 aromatic rings. The average molecular weight is 367 g/mol. The molecule has 5 nitrogen and oxygen atoms in total. The standard InChI is InChI=1S/C22H29N3O2/c1-17-4-6-19(7-5-17)16-24(3)18(2)22(26)23-20-8-10-21(11-9-20)25-12-14-27-15-13-25/h4-11,18H,12-16H2,1-3H3,(H,23,26)/t18-/m0/s1. The first-order chi connectivity index (χ1) is 13.0. The molecule has 0 spiro atoms. The van der Waals surface area contributed by atoms with Gasteiger partial charge in [-0.25, -0.2) is 0 Å². The van der Waals surface area contributed by atoms with Gasteiger partial charge in [-0.2, -0.15) is 0 Å². The second-order valence-corrected chi connectivity index (χ2v) is 7.21. The maximum atomic E-state index is 12.6. The Labute approximate surface area is 161 Å². The van der Waals surface area contributed by atoms with E-state index in [1.165, 1.54) is 16.8 Å². The number of nitrogens with one attached hydrogen (secondary N) is 1. The summed E-state index contributed by atoms with van der Waals surface area (Å²) in [5.74, 6) is 0.00346. The molecular formula is C22H29N3O2. The van der Waals surface area contributed by atoms with E-state index in [0.29, 0.717) is 0 Å². The third-order valence-corrected chi connectivity index (χ3v) is 5.10. The van der Waals surface area contributed by atoms with Gasteiger partial charge in [0.2, 0.25) is 5.91 Å². The van der Waals surface area contributed by atoms with E-state index in [-0.39, 0.29) is 11.9 Å². The Morgan fingerprint density at radius 1 is 1.11 bits per heavy atom. The number of hydrogen-bond acceptors (Lipinski definition) is 4. The van der Waals surface area contributed by atoms with Gasteiger partial charge in [-0.05, 0) is 50.7 Å². The number of anilines is 2. The number of likely N-dealkylation sites (N-methyl/N-ethyl adjacent to an activating group) is 1. The molecule has 1 aliphatic rings. The topological polar surface area (TPSA) is 44.8 Å². The van der Waals surface area contributed by atoms with Crippen LogP contribution in [0, 0.1) is 6.92 Å². The van der Waals surface area contributed by atoms with Crippen molar-refractivity contribution < 1.29 is 9.53 Å². The minimum atomic E-state index is -0.217. The number of ether oxygens (including phenoxy) is 1. The van der Waals surface area contributed by atoms with Crippen LogP contribution in [0.2, 0.25) is 0 Å². The summed E-state index contributed by atoms with van der Waals surface area (Å²) in [4.78, 5) is 17.0. The largest absolute Gasteiger partial charge is 0.378 e. The summed E-state index contributed by atoms with van der Waals surface area (Å²) in [6.07, 6.45) is 0. The molecule has 1 N–H and O–H groups in total. The van der Waals surface area contributed by atoms with Crippen molar-refractivity contribution >= 4 is 17.3 Å². The fourth-order valence-corrected chi connectivity index (χ4v) is 3.14. The summed E-state index contributed by atoms with van der Waals surface area (Å²) in [5, 5.41) is 3.02. The van der Waals surface area contributed by atoms with Crippen LogP contribution in [-0.2, 0) is 16.1 Å². The fourth-order valence-electron chi connectivity index (χ4n) is 3.14. The van der Waals surface area contributed by atoms with E-state index in [0.717, 1.165) is 38.5 Å². The van der Waals surface area contributed by atoms with E-state index in [2.05, 4.69) is 58.4 Å². The molecule has 3 rings (SSSR count). The Bertz CT molecular complexity index is 737. The van der Waals surface area contributed by atoms with Crippen LogP contribution in [0.4, 0.5) is 11.4 Å². The zero-order chi connectivity index (χ0) is 19.2. The van der Waals surface area contributed by atoms with Crippen LogP contribution in [0.15, 0.2) is 48.5 Å². The van der Waals surface area contributed by atoms with Crippen LogP contribution in [0.3, 0.4) is 0 Å². The normalized spacial score (nSPS) is 15.6. The van der Waals surface area contributed by atoms with Crippen molar-refractivity contribution in [3.05, 3.63) is 59.7 Å². The third-order valence-electron chi connectivity index (χ3n) is 5.10. The lowest BCUT2D eigenvalue weighted by atomic mass is 10.1. The number of aryl methyl sites for hydroxylation is 1. The highest BCUT2D eigenvalue weighted by Crippen LogP contribution is 2.19. The van der Waals surface area contributed by atoms with Gasteiger partial charge in [0.15, 0.2) is 0 Å². The second kappa shape index (κ2) is 9.02. The number of rotatable bonds is 6. The lowest BCUT2D eigenvalue weighted by molar-refractivity contribution is -0.120. The van der Waals surface area contributed by atoms with Gasteiger partial charge in [0.25, 0.3) is 0 Å². The summed E-state index contributed by atoms with van der Waals surface area (Å²) < 4.78 is 5.39. The van der Waals surface area contributed by atoms with Crippen LogP contribution >= 0.6 is 0 Å². The summed E-state index contributed by atoms with van der Waals surface area (Å²) >= 11 is 0. The molecule has 0 unspecified atom stereocenters. The van der Waals surface area contributed by atoms with Crippen molar-refractivity contribution in [3.8, 4) is 0 Å². The molecule has 1 saturated heterocycles. The van der Waals surface area contributed by atoms with E-state index in [1.54, 1.807) is 0 Å². The van der Waals surface area contributed by atoms with Crippen LogP contribution < -0.4 is 10.2 Å². The molecule has 0 aliphatic carbocycles. The fraction of sp³-hybridized carbons (Fsp3) is 0.409. The number of hydrogen-bond donors (Lipinski definition) is 1. The smallest absolute Gasteiger partial charge is 0.241 e. The highest BCUT2D eigenvalue weighted by molar-refractivity contribution is 5.94. The van der Waals surface area contributed by atoms with Gasteiger partial charge in [0.1, 0.15) is 0 Å². The molecule has 1 amide bonds. The molecule has 144 valence electrons. The molecule has 27 heavy (non-hydrogen) atoms. The van der Waals surface area contributed by atoms with Crippen molar-refractivity contribution in [2.75, 3.05) is 43.6 Å². The van der Waals surface area contributed by atoms with Gasteiger partial charge >= 0.3 is 0 Å². The van der Waals surface area contributed by atoms with Gasteiger partial charge < -0.3 is 15.0 Å². The number of carbonyl (C=O) groups is 1. The highest BCUT2D eigenvalue weighted by atomic mass is 16.5. The number of carbonyl (C=O) groups excluding carboxylic acids is 1. The molecule has 2 aromatic carbocycles. The van der Waals surface area contributed by atoms with E-state index in [1.807, 2.05) is 26.1 Å². The van der Waals surface area contributed by atoms with E-state index in [9.17, 15) is 4.79 Å². The zero-order valence-corrected chi connectivity index (χ0v) is 16.4. The van der Waals surface area contributed by atoms with Crippen molar-refractivity contribution in [1.29, 1.82) is 0 Å². The highest BCUT2D eigenvalue weighted by Gasteiger charge is 2.18. The number of morpholine rings is 1. The van der Waals surface area contributed by atoms with E-state index >= 15 is 0 Å². The predicted molar refractivity (Wildman–Crippen MR) is 110 cm³/mol. The van der Waals surface area contributed by atoms with Crippen molar-refractivity contribution in [2.45, 2.75) is 26.4 Å². The molecule has 0 radical (unpaired) electrons. The molecule has 1 fully saturated rings. The summed E-state index contributed by atoms with van der Waals surface area (Å²) in [5.41, 5.74) is 4.44. The van der Waals surface area contributed by atoms with Crippen molar-refractivity contribution in [1.82, 2.24) is 4.90 Å². The van der Waals surface area contributed by atoms with Gasteiger partial charge in [0.05, 0.1) is 19.3 Å². The molecular weight excluding hydrogens is 338 g/mol. The van der Waals surface area contributed by atoms with Crippen LogP contribution in [-0.4, -0.2) is 50.2 Å². The molecule has 0 bridgehead atoms. The maximum absolute atomic E-state index is 12.6. The number of benzene rings is 2. The molecule has 1 aliphatic heterocycles. The van der Waals surface area contributed by atoms with Crippen LogP contribution in [0.5, 0.6) is 0 Å². The first kappa shape index (κ1) is 19.4. The first-order valence-corrected chi connectivity index (χ1v) is 9.52. The molecule has 1 atom stereocenters. The SMILES string of the molecule is Cc1ccc(CN(C)[C@@H](C)C(=O)Nc2ccc(N3CCOCC3)cc2)cc1. The lowest BCUT2D eigenvalue weighted by Crippen LogP contribution is -2.39. The minimum absolute atomic E-state index is 0.00346. The second-order valence-electron chi connectivity index (χ2n) is 7.21. The summed E-state index contributed by atoms with van der Waals surface area (Å²) in [7, 11) is 1.98. The minimum Gasteiger partial charge on any atom is -0.378 e. The third kappa shape index (κ3) is 5.31. The van der Waals surface area contributed by atoms with E-state index in [4.69, 9.17) is 4.74 Å². The quantitative estimate of drug-likeness (QED) is 0.851. The van der Waals surface area contributed by atoms with Crippen molar-refractivity contribution in [3.63, 3.8) is 0 Å². The lowest BCUT2D eigenvalue weighted by Gasteiger charge is -2.29. The van der Waals surface area contributed by atoms with Crippen molar-refractivity contribution in [2.24, 2.45) is 0 Å². The van der Waals surface area contributed by atoms with Crippen LogP contribution in [0.25, 0.3) is 0 Å². The Hall–Kier alpha value is -2.37. The van der Waals surface area contributed by atoms with Gasteiger partial charge in [0, 0.05) is 31.0 Å². The number of nitrogens with zero attached hydrogens (tertiary/aromatic N) is 2. The van der Waals surface area contributed by atoms with Crippen LogP contribution in [0.1, 0.15) is 18.1 Å². The van der Waals surface area contributed by atoms with Gasteiger partial charge in [-0.1, -0.05) is 29.8 Å². The molecule has 5 heteroatoms. The average Bonchev–Trinajstić information content (AvgIpc) is 2.70.